The van der Waals surface area contributed by atoms with Crippen LogP contribution in [-0.4, -0.2) is 18.4 Å². The number of ether oxygens (including phenoxy) is 1. The smallest absolute Gasteiger partial charge is 0.268 e. The third-order valence-electron chi connectivity index (χ3n) is 1.63. The first-order chi connectivity index (χ1) is 6.61. The summed E-state index contributed by atoms with van der Waals surface area (Å²) in [6, 6.07) is 0. The maximum atomic E-state index is 12.6. The summed E-state index contributed by atoms with van der Waals surface area (Å²) >= 11 is 2.91. The van der Waals surface area contributed by atoms with Gasteiger partial charge in [0.1, 0.15) is 10.4 Å². The Morgan fingerprint density at radius 2 is 2.29 bits per heavy atom. The van der Waals surface area contributed by atoms with Crippen LogP contribution in [0.25, 0.3) is 0 Å². The number of halogens is 3. The van der Waals surface area contributed by atoms with E-state index >= 15 is 0 Å². The molecular formula is C8H6BrF2NO2. The lowest BCUT2D eigenvalue weighted by Gasteiger charge is -2.09. The number of aldehydes is 1. The standard InChI is InChI=1S/C8H6BrF2NO2/c1-14-5-2-12-7(9)4(3-13)6(5)8(10)11/h2-3,8H,1H3. The van der Waals surface area contributed by atoms with Crippen LogP contribution in [-0.2, 0) is 0 Å². The second-order valence-corrected chi connectivity index (χ2v) is 3.11. The summed E-state index contributed by atoms with van der Waals surface area (Å²) < 4.78 is 29.9. The lowest BCUT2D eigenvalue weighted by molar-refractivity contribution is 0.110. The van der Waals surface area contributed by atoms with Gasteiger partial charge in [-0.2, -0.15) is 0 Å². The highest BCUT2D eigenvalue weighted by molar-refractivity contribution is 9.10. The fourth-order valence-electron chi connectivity index (χ4n) is 0.998. The van der Waals surface area contributed by atoms with Gasteiger partial charge in [-0.1, -0.05) is 0 Å². The van der Waals surface area contributed by atoms with Crippen molar-refractivity contribution >= 4 is 22.2 Å². The molecule has 3 nitrogen and oxygen atoms in total. The molecule has 1 aromatic rings. The predicted octanol–water partition coefficient (Wildman–Crippen LogP) is 2.60. The van der Waals surface area contributed by atoms with Gasteiger partial charge in [0, 0.05) is 0 Å². The summed E-state index contributed by atoms with van der Waals surface area (Å²) in [6.45, 7) is 0. The molecule has 0 aliphatic heterocycles. The van der Waals surface area contributed by atoms with Crippen LogP contribution < -0.4 is 4.74 Å². The van der Waals surface area contributed by atoms with E-state index in [-0.39, 0.29) is 15.9 Å². The van der Waals surface area contributed by atoms with Crippen LogP contribution in [0.2, 0.25) is 0 Å². The monoisotopic (exact) mass is 265 g/mol. The van der Waals surface area contributed by atoms with E-state index in [2.05, 4.69) is 25.7 Å². The Morgan fingerprint density at radius 1 is 1.64 bits per heavy atom. The zero-order valence-corrected chi connectivity index (χ0v) is 8.72. The molecule has 0 unspecified atom stereocenters. The first-order valence-electron chi connectivity index (χ1n) is 3.57. The summed E-state index contributed by atoms with van der Waals surface area (Å²) in [5, 5.41) is 0. The molecule has 76 valence electrons. The van der Waals surface area contributed by atoms with Crippen LogP contribution in [0.1, 0.15) is 22.3 Å². The van der Waals surface area contributed by atoms with E-state index in [0.717, 1.165) is 6.20 Å². The van der Waals surface area contributed by atoms with E-state index in [4.69, 9.17) is 0 Å². The van der Waals surface area contributed by atoms with Gasteiger partial charge in [-0.15, -0.1) is 0 Å². The minimum Gasteiger partial charge on any atom is -0.495 e. The van der Waals surface area contributed by atoms with Gasteiger partial charge in [-0.3, -0.25) is 4.79 Å². The zero-order chi connectivity index (χ0) is 10.7. The van der Waals surface area contributed by atoms with Crippen molar-refractivity contribution in [1.82, 2.24) is 4.98 Å². The van der Waals surface area contributed by atoms with Crippen LogP contribution in [0.5, 0.6) is 5.75 Å². The molecule has 1 rings (SSSR count). The number of alkyl halides is 2. The third kappa shape index (κ3) is 1.89. The van der Waals surface area contributed by atoms with Crippen molar-refractivity contribution in [1.29, 1.82) is 0 Å². The van der Waals surface area contributed by atoms with Gasteiger partial charge in [0.2, 0.25) is 0 Å². The maximum Gasteiger partial charge on any atom is 0.268 e. The zero-order valence-electron chi connectivity index (χ0n) is 7.13. The first kappa shape index (κ1) is 11.0. The number of hydrogen-bond acceptors (Lipinski definition) is 3. The molecule has 0 spiro atoms. The molecule has 0 aromatic carbocycles. The van der Waals surface area contributed by atoms with Gasteiger partial charge in [0.05, 0.1) is 24.4 Å². The van der Waals surface area contributed by atoms with Crippen molar-refractivity contribution in [3.05, 3.63) is 21.9 Å². The quantitative estimate of drug-likeness (QED) is 0.623. The van der Waals surface area contributed by atoms with Gasteiger partial charge < -0.3 is 4.74 Å². The topological polar surface area (TPSA) is 39.2 Å². The van der Waals surface area contributed by atoms with Gasteiger partial charge in [0.15, 0.2) is 6.29 Å². The highest BCUT2D eigenvalue weighted by Crippen LogP contribution is 2.33. The van der Waals surface area contributed by atoms with Gasteiger partial charge in [0.25, 0.3) is 6.43 Å². The molecule has 0 N–H and O–H groups in total. The van der Waals surface area contributed by atoms with E-state index < -0.39 is 12.0 Å². The summed E-state index contributed by atoms with van der Waals surface area (Å²) in [5.41, 5.74) is -0.622. The van der Waals surface area contributed by atoms with E-state index in [1.54, 1.807) is 0 Å². The summed E-state index contributed by atoms with van der Waals surface area (Å²) in [5.74, 6) is -0.0923. The van der Waals surface area contributed by atoms with Gasteiger partial charge in [-0.25, -0.2) is 13.8 Å². The first-order valence-corrected chi connectivity index (χ1v) is 4.36. The molecule has 0 atom stereocenters. The summed E-state index contributed by atoms with van der Waals surface area (Å²) in [6.07, 6.45) is -1.32. The van der Waals surface area contributed by atoms with Crippen LogP contribution in [0, 0.1) is 0 Å². The Labute approximate surface area is 87.2 Å². The summed E-state index contributed by atoms with van der Waals surface area (Å²) in [7, 11) is 1.24. The van der Waals surface area contributed by atoms with Gasteiger partial charge in [-0.05, 0) is 15.9 Å². The van der Waals surface area contributed by atoms with Crippen molar-refractivity contribution in [3.8, 4) is 5.75 Å². The van der Waals surface area contributed by atoms with Gasteiger partial charge >= 0.3 is 0 Å². The lowest BCUT2D eigenvalue weighted by atomic mass is 10.1. The number of aromatic nitrogens is 1. The van der Waals surface area contributed by atoms with Crippen molar-refractivity contribution < 1.29 is 18.3 Å². The minimum absolute atomic E-state index is 0.0867. The molecule has 0 saturated carbocycles. The molecular weight excluding hydrogens is 260 g/mol. The average Bonchev–Trinajstić information content (AvgIpc) is 2.17. The second kappa shape index (κ2) is 4.45. The number of carbonyl (C=O) groups is 1. The Morgan fingerprint density at radius 3 is 2.71 bits per heavy atom. The fraction of sp³-hybridized carbons (Fsp3) is 0.250. The molecule has 6 heteroatoms. The molecule has 14 heavy (non-hydrogen) atoms. The lowest BCUT2D eigenvalue weighted by Crippen LogP contribution is -2.01. The Balaban J connectivity index is 3.43. The van der Waals surface area contributed by atoms with Crippen LogP contribution in [0.15, 0.2) is 10.8 Å². The molecule has 1 heterocycles. The maximum absolute atomic E-state index is 12.6. The fourth-order valence-corrected chi connectivity index (χ4v) is 1.41. The molecule has 0 bridgehead atoms. The van der Waals surface area contributed by atoms with E-state index in [0.29, 0.717) is 6.29 Å². The molecule has 0 aliphatic rings. The van der Waals surface area contributed by atoms with Crippen molar-refractivity contribution in [2.24, 2.45) is 0 Å². The third-order valence-corrected chi connectivity index (χ3v) is 2.26. The number of carbonyl (C=O) groups excluding carboxylic acids is 1. The van der Waals surface area contributed by atoms with E-state index in [9.17, 15) is 13.6 Å². The highest BCUT2D eigenvalue weighted by atomic mass is 79.9. The molecule has 0 amide bonds. The predicted molar refractivity (Wildman–Crippen MR) is 48.8 cm³/mol. The number of rotatable bonds is 3. The summed E-state index contributed by atoms with van der Waals surface area (Å²) in [4.78, 5) is 14.3. The second-order valence-electron chi connectivity index (χ2n) is 2.36. The number of methoxy groups -OCH3 is 1. The van der Waals surface area contributed by atoms with Crippen LogP contribution in [0.3, 0.4) is 0 Å². The molecule has 0 aliphatic carbocycles. The Bertz CT molecular complexity index is 357. The van der Waals surface area contributed by atoms with Crippen molar-refractivity contribution in [2.45, 2.75) is 6.43 Å². The normalized spacial score (nSPS) is 10.4. The van der Waals surface area contributed by atoms with Crippen molar-refractivity contribution in [3.63, 3.8) is 0 Å². The SMILES string of the molecule is COc1cnc(Br)c(C=O)c1C(F)F. The largest absolute Gasteiger partial charge is 0.495 e. The van der Waals surface area contributed by atoms with E-state index in [1.165, 1.54) is 7.11 Å². The van der Waals surface area contributed by atoms with E-state index in [1.807, 2.05) is 0 Å². The number of hydrogen-bond donors (Lipinski definition) is 0. The molecule has 0 saturated heterocycles. The minimum atomic E-state index is -2.77. The highest BCUT2D eigenvalue weighted by Gasteiger charge is 2.21. The number of pyridine rings is 1. The van der Waals surface area contributed by atoms with Crippen molar-refractivity contribution in [2.75, 3.05) is 7.11 Å². The van der Waals surface area contributed by atoms with Crippen LogP contribution in [0.4, 0.5) is 8.78 Å². The van der Waals surface area contributed by atoms with Crippen LogP contribution >= 0.6 is 15.9 Å². The number of nitrogens with zero attached hydrogens (tertiary/aromatic N) is 1. The Kier molecular flexibility index (Phi) is 3.51. The molecule has 0 radical (unpaired) electrons. The molecule has 0 fully saturated rings. The average molecular weight is 266 g/mol. The molecule has 1 aromatic heterocycles. The Hall–Kier alpha value is -1.04.